The monoisotopic (exact) mass is 275 g/mol. The summed E-state index contributed by atoms with van der Waals surface area (Å²) in [7, 11) is 3.07. The maximum Gasteiger partial charge on any atom is 0.255 e. The molecule has 20 heavy (non-hydrogen) atoms. The van der Waals surface area contributed by atoms with E-state index in [1.165, 1.54) is 7.11 Å². The summed E-state index contributed by atoms with van der Waals surface area (Å²) >= 11 is 0. The van der Waals surface area contributed by atoms with E-state index in [2.05, 4.69) is 15.3 Å². The first kappa shape index (κ1) is 13.9. The van der Waals surface area contributed by atoms with Gasteiger partial charge in [-0.05, 0) is 25.1 Å². The number of aromatic amines is 1. The molecule has 0 aliphatic rings. The van der Waals surface area contributed by atoms with Gasteiger partial charge in [-0.3, -0.25) is 4.79 Å². The Balaban J connectivity index is 2.20. The van der Waals surface area contributed by atoms with Gasteiger partial charge in [0.05, 0.1) is 25.8 Å². The number of nitrogens with one attached hydrogen (secondary N) is 2. The maximum absolute atomic E-state index is 12.3. The number of carbonyl (C=O) groups is 1. The molecule has 2 N–H and O–H groups in total. The summed E-state index contributed by atoms with van der Waals surface area (Å²) in [5.41, 5.74) is 0.422. The van der Waals surface area contributed by atoms with Crippen LogP contribution in [0.1, 0.15) is 29.1 Å². The number of imidazole rings is 1. The van der Waals surface area contributed by atoms with E-state index in [1.807, 2.05) is 6.92 Å². The molecule has 106 valence electrons. The minimum atomic E-state index is -0.246. The van der Waals surface area contributed by atoms with Crippen molar-refractivity contribution in [2.75, 3.05) is 14.2 Å². The van der Waals surface area contributed by atoms with E-state index in [0.717, 1.165) is 0 Å². The standard InChI is InChI=1S/C14H17N3O3/c1-9(13-15-6-7-16-13)17-14(18)11-8-10(19-2)4-5-12(11)20-3/h4-9H,1-3H3,(H,15,16)(H,17,18). The van der Waals surface area contributed by atoms with Gasteiger partial charge in [0.25, 0.3) is 5.91 Å². The van der Waals surface area contributed by atoms with Gasteiger partial charge in [-0.1, -0.05) is 0 Å². The maximum atomic E-state index is 12.3. The lowest BCUT2D eigenvalue weighted by atomic mass is 10.1. The highest BCUT2D eigenvalue weighted by atomic mass is 16.5. The lowest BCUT2D eigenvalue weighted by Crippen LogP contribution is -2.27. The molecule has 1 aromatic heterocycles. The van der Waals surface area contributed by atoms with Gasteiger partial charge in [-0.2, -0.15) is 0 Å². The van der Waals surface area contributed by atoms with Crippen LogP contribution < -0.4 is 14.8 Å². The van der Waals surface area contributed by atoms with Crippen LogP contribution in [-0.4, -0.2) is 30.1 Å². The molecule has 1 heterocycles. The second-order valence-corrected chi connectivity index (χ2v) is 4.24. The zero-order valence-corrected chi connectivity index (χ0v) is 11.6. The van der Waals surface area contributed by atoms with Crippen molar-refractivity contribution in [1.29, 1.82) is 0 Å². The molecule has 0 spiro atoms. The zero-order valence-electron chi connectivity index (χ0n) is 11.6. The van der Waals surface area contributed by atoms with Gasteiger partial charge in [0, 0.05) is 12.4 Å². The lowest BCUT2D eigenvalue weighted by molar-refractivity contribution is 0.0935. The molecule has 6 heteroatoms. The van der Waals surface area contributed by atoms with Crippen LogP contribution in [0.2, 0.25) is 0 Å². The van der Waals surface area contributed by atoms with E-state index >= 15 is 0 Å². The van der Waals surface area contributed by atoms with E-state index in [-0.39, 0.29) is 11.9 Å². The molecule has 0 bridgehead atoms. The smallest absolute Gasteiger partial charge is 0.255 e. The second kappa shape index (κ2) is 6.10. The first-order valence-electron chi connectivity index (χ1n) is 6.18. The highest BCUT2D eigenvalue weighted by molar-refractivity contribution is 5.97. The van der Waals surface area contributed by atoms with Crippen LogP contribution in [0.15, 0.2) is 30.6 Å². The predicted octanol–water partition coefficient (Wildman–Crippen LogP) is 1.92. The number of H-pyrrole nitrogens is 1. The van der Waals surface area contributed by atoms with E-state index in [4.69, 9.17) is 9.47 Å². The van der Waals surface area contributed by atoms with Gasteiger partial charge in [-0.25, -0.2) is 4.98 Å². The van der Waals surface area contributed by atoms with Crippen LogP contribution in [0, 0.1) is 0 Å². The molecule has 0 aliphatic carbocycles. The van der Waals surface area contributed by atoms with Crippen molar-refractivity contribution >= 4 is 5.91 Å². The van der Waals surface area contributed by atoms with Crippen LogP contribution in [0.25, 0.3) is 0 Å². The number of ether oxygens (including phenoxy) is 2. The third-order valence-electron chi connectivity index (χ3n) is 2.93. The molecule has 0 aliphatic heterocycles. The molecule has 6 nitrogen and oxygen atoms in total. The largest absolute Gasteiger partial charge is 0.497 e. The molecule has 0 saturated heterocycles. The van der Waals surface area contributed by atoms with Crippen LogP contribution in [0.5, 0.6) is 11.5 Å². The molecule has 0 saturated carbocycles. The Bertz CT molecular complexity index is 581. The predicted molar refractivity (Wildman–Crippen MR) is 74.0 cm³/mol. The van der Waals surface area contributed by atoms with E-state index < -0.39 is 0 Å². The van der Waals surface area contributed by atoms with Gasteiger partial charge < -0.3 is 19.8 Å². The molecule has 1 atom stereocenters. The summed E-state index contributed by atoms with van der Waals surface area (Å²) in [6, 6.07) is 4.85. The average Bonchev–Trinajstić information content (AvgIpc) is 3.00. The first-order chi connectivity index (χ1) is 9.65. The van der Waals surface area contributed by atoms with E-state index in [0.29, 0.717) is 22.9 Å². The third-order valence-corrected chi connectivity index (χ3v) is 2.93. The number of amides is 1. The van der Waals surface area contributed by atoms with E-state index in [1.54, 1.807) is 37.7 Å². The summed E-state index contributed by atoms with van der Waals surface area (Å²) in [4.78, 5) is 19.4. The Labute approximate surface area is 117 Å². The van der Waals surface area contributed by atoms with Crippen LogP contribution in [-0.2, 0) is 0 Å². The average molecular weight is 275 g/mol. The first-order valence-corrected chi connectivity index (χ1v) is 6.18. The number of aromatic nitrogens is 2. The Morgan fingerprint density at radius 3 is 2.75 bits per heavy atom. The number of hydrogen-bond acceptors (Lipinski definition) is 4. The Morgan fingerprint density at radius 1 is 1.35 bits per heavy atom. The molecular weight excluding hydrogens is 258 g/mol. The van der Waals surface area contributed by atoms with E-state index in [9.17, 15) is 4.79 Å². The number of carbonyl (C=O) groups excluding carboxylic acids is 1. The summed E-state index contributed by atoms with van der Waals surface area (Å²) in [6.07, 6.45) is 3.36. The van der Waals surface area contributed by atoms with Crippen LogP contribution in [0.4, 0.5) is 0 Å². The Hall–Kier alpha value is -2.50. The molecule has 0 fully saturated rings. The fourth-order valence-corrected chi connectivity index (χ4v) is 1.85. The summed E-state index contributed by atoms with van der Waals surface area (Å²) in [6.45, 7) is 1.85. The zero-order chi connectivity index (χ0) is 14.5. The van der Waals surface area contributed by atoms with Crippen molar-refractivity contribution in [2.45, 2.75) is 13.0 Å². The molecule has 2 rings (SSSR count). The molecular formula is C14H17N3O3. The van der Waals surface area contributed by atoms with Gasteiger partial charge in [0.15, 0.2) is 0 Å². The van der Waals surface area contributed by atoms with Gasteiger partial charge in [-0.15, -0.1) is 0 Å². The van der Waals surface area contributed by atoms with Gasteiger partial charge in [0.1, 0.15) is 17.3 Å². The van der Waals surface area contributed by atoms with Crippen molar-refractivity contribution in [3.8, 4) is 11.5 Å². The van der Waals surface area contributed by atoms with Crippen molar-refractivity contribution in [2.24, 2.45) is 0 Å². The SMILES string of the molecule is COc1ccc(OC)c(C(=O)NC(C)c2ncc[nH]2)c1. The molecule has 0 radical (unpaired) electrons. The number of methoxy groups -OCH3 is 2. The number of hydrogen-bond donors (Lipinski definition) is 2. The lowest BCUT2D eigenvalue weighted by Gasteiger charge is -2.14. The summed E-state index contributed by atoms with van der Waals surface area (Å²) in [5, 5.41) is 2.86. The molecule has 1 amide bonds. The van der Waals surface area contributed by atoms with Crippen LogP contribution in [0.3, 0.4) is 0 Å². The van der Waals surface area contributed by atoms with Crippen LogP contribution >= 0.6 is 0 Å². The molecule has 1 unspecified atom stereocenters. The fourth-order valence-electron chi connectivity index (χ4n) is 1.85. The third kappa shape index (κ3) is 2.90. The topological polar surface area (TPSA) is 76.2 Å². The van der Waals surface area contributed by atoms with Gasteiger partial charge >= 0.3 is 0 Å². The normalized spacial score (nSPS) is 11.8. The summed E-state index contributed by atoms with van der Waals surface area (Å²) in [5.74, 6) is 1.54. The Morgan fingerprint density at radius 2 is 2.15 bits per heavy atom. The highest BCUT2D eigenvalue weighted by Crippen LogP contribution is 2.24. The number of rotatable bonds is 5. The number of benzene rings is 1. The van der Waals surface area contributed by atoms with Crippen molar-refractivity contribution in [3.05, 3.63) is 42.0 Å². The minimum absolute atomic E-state index is 0.228. The summed E-state index contributed by atoms with van der Waals surface area (Å²) < 4.78 is 10.3. The number of nitrogens with zero attached hydrogens (tertiary/aromatic N) is 1. The highest BCUT2D eigenvalue weighted by Gasteiger charge is 2.17. The fraction of sp³-hybridized carbons (Fsp3) is 0.286. The molecule has 2 aromatic rings. The second-order valence-electron chi connectivity index (χ2n) is 4.24. The van der Waals surface area contributed by atoms with Crippen molar-refractivity contribution in [1.82, 2.24) is 15.3 Å². The molecule has 1 aromatic carbocycles. The van der Waals surface area contributed by atoms with Crippen molar-refractivity contribution in [3.63, 3.8) is 0 Å². The van der Waals surface area contributed by atoms with Crippen molar-refractivity contribution < 1.29 is 14.3 Å². The quantitative estimate of drug-likeness (QED) is 0.874. The minimum Gasteiger partial charge on any atom is -0.497 e. The Kier molecular flexibility index (Phi) is 4.24. The van der Waals surface area contributed by atoms with Gasteiger partial charge in [0.2, 0.25) is 0 Å².